The Kier molecular flexibility index (Phi) is 7.18. The number of aliphatic hydroxyl groups is 1. The third-order valence-corrected chi connectivity index (χ3v) is 6.43. The number of nitrogens with one attached hydrogen (secondary N) is 3. The second-order valence-electron chi connectivity index (χ2n) is 7.63. The number of thiocarbonyl (C=S) groups is 1. The van der Waals surface area contributed by atoms with Crippen LogP contribution in [0.15, 0.2) is 0 Å². The van der Waals surface area contributed by atoms with Crippen molar-refractivity contribution in [3.8, 4) is 0 Å². The van der Waals surface area contributed by atoms with Crippen LogP contribution >= 0.6 is 12.2 Å². The Bertz CT molecular complexity index is 832. The van der Waals surface area contributed by atoms with Crippen LogP contribution in [0.3, 0.4) is 0 Å². The van der Waals surface area contributed by atoms with Gasteiger partial charge in [-0.15, -0.1) is 0 Å². The number of aliphatic hydroxyl groups excluding tert-OH is 1. The van der Waals surface area contributed by atoms with Crippen LogP contribution in [0.1, 0.15) is 37.9 Å². The van der Waals surface area contributed by atoms with Crippen LogP contribution in [-0.4, -0.2) is 60.0 Å². The van der Waals surface area contributed by atoms with Gasteiger partial charge in [0.05, 0.1) is 17.5 Å². The summed E-state index contributed by atoms with van der Waals surface area (Å²) in [7, 11) is -3.25. The average molecular weight is 431 g/mol. The predicted octanol–water partition coefficient (Wildman–Crippen LogP) is 0.589. The molecule has 2 rings (SSSR count). The molecule has 0 unspecified atom stereocenters. The van der Waals surface area contributed by atoms with E-state index in [1.54, 1.807) is 6.92 Å². The number of sulfonamides is 1. The van der Waals surface area contributed by atoms with Crippen molar-refractivity contribution in [2.24, 2.45) is 17.6 Å². The van der Waals surface area contributed by atoms with Gasteiger partial charge in [-0.05, 0) is 38.5 Å². The van der Waals surface area contributed by atoms with E-state index in [1.807, 2.05) is 0 Å². The van der Waals surface area contributed by atoms with Crippen molar-refractivity contribution in [1.29, 1.82) is 0 Å². The molecular weight excluding hydrogens is 400 g/mol. The molecule has 28 heavy (non-hydrogen) atoms. The summed E-state index contributed by atoms with van der Waals surface area (Å²) in [5.41, 5.74) is 6.88. The van der Waals surface area contributed by atoms with E-state index in [0.717, 1.165) is 19.1 Å². The first-order chi connectivity index (χ1) is 13.0. The first-order valence-electron chi connectivity index (χ1n) is 9.23. The molecule has 158 valence electrons. The minimum Gasteiger partial charge on any atom is -0.396 e. The summed E-state index contributed by atoms with van der Waals surface area (Å²) in [6, 6.07) is 0. The molecule has 0 spiro atoms. The first kappa shape index (κ1) is 22.7. The van der Waals surface area contributed by atoms with Crippen LogP contribution in [0.25, 0.3) is 0 Å². The summed E-state index contributed by atoms with van der Waals surface area (Å²) in [5.74, 6) is 1.38. The van der Waals surface area contributed by atoms with E-state index < -0.39 is 10.0 Å². The molecule has 0 aliphatic heterocycles. The van der Waals surface area contributed by atoms with Gasteiger partial charge in [-0.3, -0.25) is 0 Å². The molecular formula is C17H30N6O3S2. The van der Waals surface area contributed by atoms with Gasteiger partial charge in [0.1, 0.15) is 10.8 Å². The lowest BCUT2D eigenvalue weighted by Gasteiger charge is -2.34. The summed E-state index contributed by atoms with van der Waals surface area (Å²) in [5, 5.41) is 16.1. The molecule has 1 fully saturated rings. The fraction of sp³-hybridized carbons (Fsp3) is 0.706. The summed E-state index contributed by atoms with van der Waals surface area (Å²) in [4.78, 5) is 9.14. The maximum absolute atomic E-state index is 11.2. The van der Waals surface area contributed by atoms with Gasteiger partial charge >= 0.3 is 0 Å². The smallest absolute Gasteiger partial charge is 0.224 e. The number of nitrogens with two attached hydrogens (primary N) is 1. The van der Waals surface area contributed by atoms with Crippen LogP contribution < -0.4 is 21.1 Å². The zero-order chi connectivity index (χ0) is 21.1. The topological polar surface area (TPSA) is 142 Å². The molecule has 1 aliphatic rings. The SMILES string of the molecule is Cc1nc(NCCNS(C)(=O)=O)nc(N[C@@]2(C)CC[C@H](CO)[C@H]2C)c1C(N)=S. The molecule has 0 saturated heterocycles. The standard InChI is InChI=1S/C17H30N6O3S2/c1-10-12(9-24)5-6-17(10,3)23-15-13(14(18)27)11(2)21-16(22-15)19-7-8-20-28(4,25)26/h10,12,20,24H,5-9H2,1-4H3,(H2,18,27)(H2,19,21,22,23)/t10-,12-,17+/m1/s1. The highest BCUT2D eigenvalue weighted by Crippen LogP contribution is 2.42. The highest BCUT2D eigenvalue weighted by molar-refractivity contribution is 7.88. The Morgan fingerprint density at radius 1 is 1.39 bits per heavy atom. The normalized spacial score (nSPS) is 24.9. The maximum Gasteiger partial charge on any atom is 0.224 e. The molecule has 1 heterocycles. The molecule has 1 aromatic rings. The van der Waals surface area contributed by atoms with Crippen molar-refractivity contribution in [2.45, 2.75) is 39.2 Å². The number of nitrogens with zero attached hydrogens (tertiary/aromatic N) is 2. The number of hydrogen-bond donors (Lipinski definition) is 5. The van der Waals surface area contributed by atoms with Gasteiger partial charge in [0.25, 0.3) is 0 Å². The van der Waals surface area contributed by atoms with Crippen molar-refractivity contribution < 1.29 is 13.5 Å². The van der Waals surface area contributed by atoms with Crippen LogP contribution in [0.4, 0.5) is 11.8 Å². The van der Waals surface area contributed by atoms with Gasteiger partial charge in [0.15, 0.2) is 0 Å². The van der Waals surface area contributed by atoms with Crippen LogP contribution in [-0.2, 0) is 10.0 Å². The molecule has 0 amide bonds. The molecule has 0 aromatic carbocycles. The number of anilines is 2. The molecule has 1 aliphatic carbocycles. The molecule has 6 N–H and O–H groups in total. The fourth-order valence-corrected chi connectivity index (χ4v) is 4.34. The van der Waals surface area contributed by atoms with E-state index in [2.05, 4.69) is 39.2 Å². The highest BCUT2D eigenvalue weighted by atomic mass is 32.2. The van der Waals surface area contributed by atoms with Crippen molar-refractivity contribution in [1.82, 2.24) is 14.7 Å². The molecule has 3 atom stereocenters. The lowest BCUT2D eigenvalue weighted by atomic mass is 9.86. The Labute approximate surface area is 172 Å². The molecule has 11 heteroatoms. The van der Waals surface area contributed by atoms with Gasteiger partial charge in [-0.1, -0.05) is 19.1 Å². The quantitative estimate of drug-likeness (QED) is 0.281. The van der Waals surface area contributed by atoms with E-state index in [0.29, 0.717) is 29.6 Å². The fourth-order valence-electron chi connectivity index (χ4n) is 3.63. The van der Waals surface area contributed by atoms with Crippen molar-refractivity contribution in [3.63, 3.8) is 0 Å². The highest BCUT2D eigenvalue weighted by Gasteiger charge is 2.42. The Balaban J connectivity index is 2.24. The van der Waals surface area contributed by atoms with E-state index in [1.165, 1.54) is 0 Å². The summed E-state index contributed by atoms with van der Waals surface area (Å²) >= 11 is 5.20. The lowest BCUT2D eigenvalue weighted by molar-refractivity contribution is 0.187. The van der Waals surface area contributed by atoms with Crippen molar-refractivity contribution >= 4 is 39.0 Å². The van der Waals surface area contributed by atoms with Gasteiger partial charge in [-0.2, -0.15) is 4.98 Å². The zero-order valence-corrected chi connectivity index (χ0v) is 18.4. The largest absolute Gasteiger partial charge is 0.396 e. The minimum atomic E-state index is -3.25. The zero-order valence-electron chi connectivity index (χ0n) is 16.7. The van der Waals surface area contributed by atoms with E-state index in [4.69, 9.17) is 18.0 Å². The van der Waals surface area contributed by atoms with Crippen molar-refractivity contribution in [3.05, 3.63) is 11.3 Å². The van der Waals surface area contributed by atoms with E-state index in [9.17, 15) is 13.5 Å². The molecule has 0 bridgehead atoms. The van der Waals surface area contributed by atoms with Crippen LogP contribution in [0, 0.1) is 18.8 Å². The van der Waals surface area contributed by atoms with Crippen LogP contribution in [0.2, 0.25) is 0 Å². The summed E-state index contributed by atoms with van der Waals surface area (Å²) in [6.07, 6.45) is 2.92. The van der Waals surface area contributed by atoms with Gasteiger partial charge < -0.3 is 21.5 Å². The maximum atomic E-state index is 11.2. The van der Waals surface area contributed by atoms with Gasteiger partial charge in [0.2, 0.25) is 16.0 Å². The Hall–Kier alpha value is -1.56. The predicted molar refractivity (Wildman–Crippen MR) is 115 cm³/mol. The molecule has 1 aromatic heterocycles. The number of aryl methyl sites for hydroxylation is 1. The van der Waals surface area contributed by atoms with Crippen LogP contribution in [0.5, 0.6) is 0 Å². The lowest BCUT2D eigenvalue weighted by Crippen LogP contribution is -2.40. The average Bonchev–Trinajstić information content (AvgIpc) is 2.84. The Morgan fingerprint density at radius 3 is 2.61 bits per heavy atom. The second-order valence-corrected chi connectivity index (χ2v) is 9.90. The third-order valence-electron chi connectivity index (χ3n) is 5.49. The Morgan fingerprint density at radius 2 is 2.07 bits per heavy atom. The molecule has 0 radical (unpaired) electrons. The summed E-state index contributed by atoms with van der Waals surface area (Å²) < 4.78 is 24.7. The van der Waals surface area contributed by atoms with Gasteiger partial charge in [-0.25, -0.2) is 18.1 Å². The number of hydrogen-bond acceptors (Lipinski definition) is 8. The number of aromatic nitrogens is 2. The number of rotatable bonds is 9. The first-order valence-corrected chi connectivity index (χ1v) is 11.5. The molecule has 1 saturated carbocycles. The third kappa shape index (κ3) is 5.49. The second kappa shape index (κ2) is 8.85. The van der Waals surface area contributed by atoms with Crippen molar-refractivity contribution in [2.75, 3.05) is 36.6 Å². The monoisotopic (exact) mass is 430 g/mol. The van der Waals surface area contributed by atoms with E-state index >= 15 is 0 Å². The minimum absolute atomic E-state index is 0.156. The summed E-state index contributed by atoms with van der Waals surface area (Å²) in [6.45, 7) is 6.73. The van der Waals surface area contributed by atoms with Gasteiger partial charge in [0, 0.05) is 25.2 Å². The van der Waals surface area contributed by atoms with E-state index in [-0.39, 0.29) is 35.5 Å². The molecule has 9 nitrogen and oxygen atoms in total.